The van der Waals surface area contributed by atoms with Crippen LogP contribution in [-0.4, -0.2) is 18.1 Å². The lowest BCUT2D eigenvalue weighted by molar-refractivity contribution is 0.0595. The van der Waals surface area contributed by atoms with Gasteiger partial charge in [0.1, 0.15) is 22.5 Å². The van der Waals surface area contributed by atoms with Crippen LogP contribution in [0.25, 0.3) is 0 Å². The molecule has 2 rings (SSSR count). The molecule has 1 heterocycles. The topological polar surface area (TPSA) is 48.4 Å². The standard InChI is InChI=1S/C14H12BrNO3/c1-18-14(17)11-8-16-13(15)7-12(11)19-9-10-5-3-2-4-6-10/h2-8H,9H2,1H3. The first kappa shape index (κ1) is 13.5. The second-order valence-corrected chi connectivity index (χ2v) is 4.58. The van der Waals surface area contributed by atoms with Gasteiger partial charge < -0.3 is 9.47 Å². The van der Waals surface area contributed by atoms with Gasteiger partial charge in [0, 0.05) is 12.3 Å². The molecule has 0 fully saturated rings. The normalized spacial score (nSPS) is 10.0. The summed E-state index contributed by atoms with van der Waals surface area (Å²) >= 11 is 3.25. The van der Waals surface area contributed by atoms with Gasteiger partial charge in [0.15, 0.2) is 0 Å². The van der Waals surface area contributed by atoms with E-state index in [-0.39, 0.29) is 0 Å². The number of hydrogen-bond donors (Lipinski definition) is 0. The summed E-state index contributed by atoms with van der Waals surface area (Å²) in [6, 6.07) is 11.4. The molecule has 0 saturated carbocycles. The second-order valence-electron chi connectivity index (χ2n) is 3.77. The summed E-state index contributed by atoms with van der Waals surface area (Å²) in [5.41, 5.74) is 1.33. The molecule has 0 saturated heterocycles. The van der Waals surface area contributed by atoms with Crippen molar-refractivity contribution in [1.82, 2.24) is 4.98 Å². The summed E-state index contributed by atoms with van der Waals surface area (Å²) in [6.07, 6.45) is 1.43. The van der Waals surface area contributed by atoms with Crippen LogP contribution in [0.5, 0.6) is 5.75 Å². The minimum absolute atomic E-state index is 0.307. The van der Waals surface area contributed by atoms with E-state index in [0.29, 0.717) is 22.5 Å². The van der Waals surface area contributed by atoms with Gasteiger partial charge in [-0.05, 0) is 21.5 Å². The van der Waals surface area contributed by atoms with Crippen LogP contribution in [0.15, 0.2) is 47.2 Å². The van der Waals surface area contributed by atoms with Gasteiger partial charge in [-0.15, -0.1) is 0 Å². The predicted octanol–water partition coefficient (Wildman–Crippen LogP) is 3.21. The Bertz CT molecular complexity index is 572. The Morgan fingerprint density at radius 3 is 2.74 bits per heavy atom. The third kappa shape index (κ3) is 3.54. The first-order chi connectivity index (χ1) is 9.20. The average Bonchev–Trinajstić information content (AvgIpc) is 2.45. The average molecular weight is 322 g/mol. The van der Waals surface area contributed by atoms with Crippen LogP contribution in [-0.2, 0) is 11.3 Å². The van der Waals surface area contributed by atoms with Crippen LogP contribution in [0, 0.1) is 0 Å². The molecule has 0 aliphatic carbocycles. The third-order valence-corrected chi connectivity index (χ3v) is 2.91. The van der Waals surface area contributed by atoms with Crippen molar-refractivity contribution in [2.75, 3.05) is 7.11 Å². The molecular formula is C14H12BrNO3. The van der Waals surface area contributed by atoms with Gasteiger partial charge in [0.25, 0.3) is 0 Å². The van der Waals surface area contributed by atoms with Crippen molar-refractivity contribution in [3.63, 3.8) is 0 Å². The summed E-state index contributed by atoms with van der Waals surface area (Å²) < 4.78 is 11.0. The van der Waals surface area contributed by atoms with E-state index in [9.17, 15) is 4.79 Å². The zero-order valence-corrected chi connectivity index (χ0v) is 11.9. The number of methoxy groups -OCH3 is 1. The molecule has 0 aliphatic heterocycles. The zero-order valence-electron chi connectivity index (χ0n) is 10.3. The molecule has 98 valence electrons. The van der Waals surface area contributed by atoms with Gasteiger partial charge in [0.2, 0.25) is 0 Å². The molecule has 0 bridgehead atoms. The smallest absolute Gasteiger partial charge is 0.343 e. The lowest BCUT2D eigenvalue weighted by Gasteiger charge is -2.10. The summed E-state index contributed by atoms with van der Waals surface area (Å²) in [4.78, 5) is 15.6. The molecule has 5 heteroatoms. The first-order valence-electron chi connectivity index (χ1n) is 5.61. The Balaban J connectivity index is 2.19. The highest BCUT2D eigenvalue weighted by molar-refractivity contribution is 9.10. The minimum atomic E-state index is -0.469. The maximum atomic E-state index is 11.6. The minimum Gasteiger partial charge on any atom is -0.488 e. The van der Waals surface area contributed by atoms with Crippen molar-refractivity contribution in [1.29, 1.82) is 0 Å². The van der Waals surface area contributed by atoms with Crippen LogP contribution in [0.1, 0.15) is 15.9 Å². The second kappa shape index (κ2) is 6.33. The summed E-state index contributed by atoms with van der Waals surface area (Å²) in [5, 5.41) is 0. The summed E-state index contributed by atoms with van der Waals surface area (Å²) in [5.74, 6) is -0.0272. The third-order valence-electron chi connectivity index (χ3n) is 2.48. The van der Waals surface area contributed by atoms with Crippen molar-refractivity contribution in [3.8, 4) is 5.75 Å². The van der Waals surface area contributed by atoms with Crippen LogP contribution < -0.4 is 4.74 Å². The fourth-order valence-electron chi connectivity index (χ4n) is 1.53. The summed E-state index contributed by atoms with van der Waals surface area (Å²) in [7, 11) is 1.32. The van der Waals surface area contributed by atoms with E-state index in [4.69, 9.17) is 9.47 Å². The largest absolute Gasteiger partial charge is 0.488 e. The van der Waals surface area contributed by atoms with Crippen molar-refractivity contribution < 1.29 is 14.3 Å². The maximum absolute atomic E-state index is 11.6. The Labute approximate surface area is 119 Å². The number of halogens is 1. The Morgan fingerprint density at radius 2 is 2.05 bits per heavy atom. The van der Waals surface area contributed by atoms with E-state index in [2.05, 4.69) is 20.9 Å². The number of rotatable bonds is 4. The lowest BCUT2D eigenvalue weighted by atomic mass is 10.2. The zero-order chi connectivity index (χ0) is 13.7. The maximum Gasteiger partial charge on any atom is 0.343 e. The Hall–Kier alpha value is -1.88. The fraction of sp³-hybridized carbons (Fsp3) is 0.143. The van der Waals surface area contributed by atoms with Crippen molar-refractivity contribution in [2.45, 2.75) is 6.61 Å². The SMILES string of the molecule is COC(=O)c1cnc(Br)cc1OCc1ccccc1. The van der Waals surface area contributed by atoms with Crippen LogP contribution in [0.3, 0.4) is 0 Å². The molecule has 0 unspecified atom stereocenters. The number of esters is 1. The van der Waals surface area contributed by atoms with Crippen LogP contribution >= 0.6 is 15.9 Å². The van der Waals surface area contributed by atoms with E-state index in [0.717, 1.165) is 5.56 Å². The number of benzene rings is 1. The molecule has 1 aromatic heterocycles. The lowest BCUT2D eigenvalue weighted by Crippen LogP contribution is -2.06. The van der Waals surface area contributed by atoms with E-state index in [1.54, 1.807) is 6.07 Å². The fourth-order valence-corrected chi connectivity index (χ4v) is 1.84. The van der Waals surface area contributed by atoms with Gasteiger partial charge in [-0.3, -0.25) is 0 Å². The van der Waals surface area contributed by atoms with E-state index < -0.39 is 5.97 Å². The van der Waals surface area contributed by atoms with Crippen molar-refractivity contribution >= 4 is 21.9 Å². The molecule has 1 aromatic carbocycles. The molecule has 0 aliphatic rings. The number of carbonyl (C=O) groups excluding carboxylic acids is 1. The summed E-state index contributed by atoms with van der Waals surface area (Å²) in [6.45, 7) is 0.376. The highest BCUT2D eigenvalue weighted by atomic mass is 79.9. The van der Waals surface area contributed by atoms with Gasteiger partial charge in [-0.25, -0.2) is 9.78 Å². The van der Waals surface area contributed by atoms with E-state index >= 15 is 0 Å². The van der Waals surface area contributed by atoms with E-state index in [1.807, 2.05) is 30.3 Å². The quantitative estimate of drug-likeness (QED) is 0.641. The highest BCUT2D eigenvalue weighted by Gasteiger charge is 2.14. The first-order valence-corrected chi connectivity index (χ1v) is 6.40. The van der Waals surface area contributed by atoms with E-state index in [1.165, 1.54) is 13.3 Å². The van der Waals surface area contributed by atoms with Gasteiger partial charge in [-0.2, -0.15) is 0 Å². The Morgan fingerprint density at radius 1 is 1.32 bits per heavy atom. The van der Waals surface area contributed by atoms with Gasteiger partial charge in [-0.1, -0.05) is 30.3 Å². The molecule has 0 amide bonds. The number of nitrogens with zero attached hydrogens (tertiary/aromatic N) is 1. The number of hydrogen-bond acceptors (Lipinski definition) is 4. The molecular weight excluding hydrogens is 310 g/mol. The number of aromatic nitrogens is 1. The van der Waals surface area contributed by atoms with Crippen molar-refractivity contribution in [3.05, 3.63) is 58.3 Å². The molecule has 2 aromatic rings. The molecule has 19 heavy (non-hydrogen) atoms. The predicted molar refractivity (Wildman–Crippen MR) is 74.1 cm³/mol. The van der Waals surface area contributed by atoms with Crippen LogP contribution in [0.4, 0.5) is 0 Å². The van der Waals surface area contributed by atoms with Crippen molar-refractivity contribution in [2.24, 2.45) is 0 Å². The molecule has 4 nitrogen and oxygen atoms in total. The monoisotopic (exact) mass is 321 g/mol. The molecule has 0 radical (unpaired) electrons. The van der Waals surface area contributed by atoms with Crippen LogP contribution in [0.2, 0.25) is 0 Å². The number of pyridine rings is 1. The Kier molecular flexibility index (Phi) is 4.52. The number of carbonyl (C=O) groups is 1. The highest BCUT2D eigenvalue weighted by Crippen LogP contribution is 2.23. The molecule has 0 spiro atoms. The van der Waals surface area contributed by atoms with Gasteiger partial charge in [0.05, 0.1) is 7.11 Å². The van der Waals surface area contributed by atoms with Gasteiger partial charge >= 0.3 is 5.97 Å². The molecule has 0 N–H and O–H groups in total. The number of ether oxygens (including phenoxy) is 2. The molecule has 0 atom stereocenters.